The molecule has 1 aliphatic rings. The van der Waals surface area contributed by atoms with Crippen LogP contribution in [0.3, 0.4) is 0 Å². The third kappa shape index (κ3) is 5.74. The summed E-state index contributed by atoms with van der Waals surface area (Å²) >= 11 is 0. The summed E-state index contributed by atoms with van der Waals surface area (Å²) in [5.74, 6) is -1.82. The van der Waals surface area contributed by atoms with Gasteiger partial charge in [0, 0.05) is 23.4 Å². The number of anilines is 1. The zero-order chi connectivity index (χ0) is 23.3. The lowest BCUT2D eigenvalue weighted by molar-refractivity contribution is -0.286. The van der Waals surface area contributed by atoms with E-state index in [0.717, 1.165) is 6.07 Å². The van der Waals surface area contributed by atoms with Gasteiger partial charge in [0.2, 0.25) is 0 Å². The maximum Gasteiger partial charge on any atom is 0.586 e. The first-order valence-electron chi connectivity index (χ1n) is 9.06. The topological polar surface area (TPSA) is 121 Å². The van der Waals surface area contributed by atoms with E-state index in [1.165, 1.54) is 38.5 Å². The Labute approximate surface area is 180 Å². The number of fused-ring (bicyclic) bond motifs is 1. The molecule has 0 aliphatic carbocycles. The van der Waals surface area contributed by atoms with E-state index in [0.29, 0.717) is 11.5 Å². The van der Waals surface area contributed by atoms with Crippen LogP contribution in [0.4, 0.5) is 14.5 Å². The molecule has 10 nitrogen and oxygen atoms in total. The fourth-order valence-electron chi connectivity index (χ4n) is 2.61. The molecule has 0 spiro atoms. The molecule has 2 aromatic rings. The second-order valence-electron chi connectivity index (χ2n) is 6.32. The van der Waals surface area contributed by atoms with Crippen LogP contribution in [0.25, 0.3) is 0 Å². The summed E-state index contributed by atoms with van der Waals surface area (Å²) in [6.45, 7) is -1.16. The average molecular weight is 452 g/mol. The normalized spacial score (nSPS) is 13.1. The van der Waals surface area contributed by atoms with Crippen molar-refractivity contribution in [2.24, 2.45) is 0 Å². The zero-order valence-corrected chi connectivity index (χ0v) is 16.9. The summed E-state index contributed by atoms with van der Waals surface area (Å²) in [4.78, 5) is 36.0. The third-order valence-corrected chi connectivity index (χ3v) is 4.06. The molecule has 12 heteroatoms. The van der Waals surface area contributed by atoms with Gasteiger partial charge in [-0.15, -0.1) is 8.78 Å². The Morgan fingerprint density at radius 3 is 2.28 bits per heavy atom. The Bertz CT molecular complexity index is 1020. The fraction of sp³-hybridized carbons (Fsp3) is 0.250. The Hall–Kier alpha value is -4.09. The van der Waals surface area contributed by atoms with Crippen molar-refractivity contribution < 1.29 is 46.8 Å². The van der Waals surface area contributed by atoms with E-state index in [-0.39, 0.29) is 22.7 Å². The number of amides is 2. The smallest absolute Gasteiger partial charge is 0.497 e. The number of rotatable bonds is 8. The van der Waals surface area contributed by atoms with E-state index in [1.54, 1.807) is 6.07 Å². The van der Waals surface area contributed by atoms with Gasteiger partial charge >= 0.3 is 12.3 Å². The Morgan fingerprint density at radius 1 is 0.969 bits per heavy atom. The Balaban J connectivity index is 1.45. The van der Waals surface area contributed by atoms with Crippen LogP contribution in [0.2, 0.25) is 0 Å². The lowest BCUT2D eigenvalue weighted by atomic mass is 10.2. The number of alkyl halides is 2. The summed E-state index contributed by atoms with van der Waals surface area (Å²) in [6, 6.07) is 8.14. The molecule has 2 amide bonds. The first-order chi connectivity index (χ1) is 15.2. The van der Waals surface area contributed by atoms with Crippen LogP contribution < -0.4 is 29.6 Å². The maximum absolute atomic E-state index is 13.0. The minimum atomic E-state index is -3.78. The molecule has 2 N–H and O–H groups in total. The molecule has 1 aliphatic heterocycles. The van der Waals surface area contributed by atoms with Gasteiger partial charge in [-0.25, -0.2) is 0 Å². The van der Waals surface area contributed by atoms with Crippen LogP contribution in [0.1, 0.15) is 10.4 Å². The van der Waals surface area contributed by atoms with Gasteiger partial charge in [0.15, 0.2) is 18.1 Å². The molecule has 0 unspecified atom stereocenters. The number of methoxy groups -OCH3 is 2. The van der Waals surface area contributed by atoms with Crippen molar-refractivity contribution in [1.82, 2.24) is 5.32 Å². The van der Waals surface area contributed by atoms with E-state index < -0.39 is 37.2 Å². The van der Waals surface area contributed by atoms with Crippen LogP contribution >= 0.6 is 0 Å². The van der Waals surface area contributed by atoms with Crippen LogP contribution in [0.15, 0.2) is 36.4 Å². The van der Waals surface area contributed by atoms with Crippen molar-refractivity contribution in [3.63, 3.8) is 0 Å². The summed E-state index contributed by atoms with van der Waals surface area (Å²) in [5, 5.41) is 4.71. The minimum absolute atomic E-state index is 0.131. The number of halogens is 2. The van der Waals surface area contributed by atoms with Gasteiger partial charge < -0.3 is 34.3 Å². The highest BCUT2D eigenvalue weighted by Crippen LogP contribution is 2.42. The number of benzene rings is 2. The van der Waals surface area contributed by atoms with Crippen LogP contribution in [0.5, 0.6) is 23.0 Å². The molecule has 0 saturated heterocycles. The van der Waals surface area contributed by atoms with Crippen molar-refractivity contribution >= 4 is 23.5 Å². The molecule has 0 bridgehead atoms. The molecule has 32 heavy (non-hydrogen) atoms. The zero-order valence-electron chi connectivity index (χ0n) is 16.9. The Kier molecular flexibility index (Phi) is 6.61. The van der Waals surface area contributed by atoms with Crippen molar-refractivity contribution in [2.45, 2.75) is 6.29 Å². The number of ether oxygens (including phenoxy) is 5. The van der Waals surface area contributed by atoms with Crippen molar-refractivity contribution in [1.29, 1.82) is 0 Å². The fourth-order valence-corrected chi connectivity index (χ4v) is 2.61. The summed E-state index contributed by atoms with van der Waals surface area (Å²) < 4.78 is 49.5. The highest BCUT2D eigenvalue weighted by atomic mass is 19.3. The summed E-state index contributed by atoms with van der Waals surface area (Å²) in [6.07, 6.45) is -3.78. The number of esters is 1. The lowest BCUT2D eigenvalue weighted by Crippen LogP contribution is -2.32. The van der Waals surface area contributed by atoms with Crippen molar-refractivity contribution in [2.75, 3.05) is 32.7 Å². The minimum Gasteiger partial charge on any atom is -0.497 e. The molecule has 170 valence electrons. The lowest BCUT2D eigenvalue weighted by Gasteiger charge is -2.10. The Morgan fingerprint density at radius 2 is 1.62 bits per heavy atom. The summed E-state index contributed by atoms with van der Waals surface area (Å²) in [5.41, 5.74) is 0.325. The number of hydrogen-bond acceptors (Lipinski definition) is 8. The largest absolute Gasteiger partial charge is 0.586 e. The number of nitrogens with one attached hydrogen (secondary N) is 2. The predicted molar refractivity (Wildman–Crippen MR) is 104 cm³/mol. The first kappa shape index (κ1) is 22.6. The van der Waals surface area contributed by atoms with Crippen LogP contribution in [-0.2, 0) is 14.3 Å². The van der Waals surface area contributed by atoms with E-state index in [1.807, 2.05) is 0 Å². The van der Waals surface area contributed by atoms with Crippen molar-refractivity contribution in [3.8, 4) is 23.0 Å². The molecular formula is C20H18F2N2O8. The second-order valence-corrected chi connectivity index (χ2v) is 6.32. The molecule has 0 aromatic heterocycles. The molecular weight excluding hydrogens is 434 g/mol. The quantitative estimate of drug-likeness (QED) is 0.583. The molecule has 0 fully saturated rings. The van der Waals surface area contributed by atoms with Gasteiger partial charge in [-0.05, 0) is 24.3 Å². The molecule has 0 radical (unpaired) electrons. The van der Waals surface area contributed by atoms with Gasteiger partial charge in [-0.1, -0.05) is 0 Å². The second kappa shape index (κ2) is 9.37. The van der Waals surface area contributed by atoms with E-state index in [9.17, 15) is 23.2 Å². The maximum atomic E-state index is 13.0. The van der Waals surface area contributed by atoms with Crippen LogP contribution in [-0.4, -0.2) is 51.4 Å². The molecule has 0 atom stereocenters. The van der Waals surface area contributed by atoms with E-state index in [2.05, 4.69) is 20.1 Å². The molecule has 2 aromatic carbocycles. The third-order valence-electron chi connectivity index (χ3n) is 4.06. The van der Waals surface area contributed by atoms with Gasteiger partial charge in [-0.2, -0.15) is 0 Å². The monoisotopic (exact) mass is 452 g/mol. The standard InChI is InChI=1S/C20H18F2N2O8/c1-28-13-5-11(6-14(8-13)29-2)19(27)23-9-18(26)30-10-17(25)24-12-3-4-15-16(7-12)32-20(21,22)31-15/h3-8H,9-10H2,1-2H3,(H,23,27)(H,24,25). The number of hydrogen-bond donors (Lipinski definition) is 2. The van der Waals surface area contributed by atoms with Gasteiger partial charge in [0.05, 0.1) is 14.2 Å². The highest BCUT2D eigenvalue weighted by Gasteiger charge is 2.43. The predicted octanol–water partition coefficient (Wildman–Crippen LogP) is 1.94. The van der Waals surface area contributed by atoms with Crippen molar-refractivity contribution in [3.05, 3.63) is 42.0 Å². The molecule has 3 rings (SSSR count). The van der Waals surface area contributed by atoms with E-state index in [4.69, 9.17) is 14.2 Å². The SMILES string of the molecule is COc1cc(OC)cc(C(=O)NCC(=O)OCC(=O)Nc2ccc3c(c2)OC(F)(F)O3)c1. The van der Waals surface area contributed by atoms with Crippen LogP contribution in [0, 0.1) is 0 Å². The van der Waals surface area contributed by atoms with Gasteiger partial charge in [0.1, 0.15) is 18.0 Å². The first-order valence-corrected chi connectivity index (χ1v) is 9.06. The van der Waals surface area contributed by atoms with E-state index >= 15 is 0 Å². The average Bonchev–Trinajstić information content (AvgIpc) is 3.08. The molecule has 0 saturated carbocycles. The molecule has 1 heterocycles. The number of carbonyl (C=O) groups is 3. The van der Waals surface area contributed by atoms with Gasteiger partial charge in [0.25, 0.3) is 11.8 Å². The summed E-state index contributed by atoms with van der Waals surface area (Å²) in [7, 11) is 2.86. The van der Waals surface area contributed by atoms with Gasteiger partial charge in [-0.3, -0.25) is 14.4 Å². The number of carbonyl (C=O) groups excluding carboxylic acids is 3. The highest BCUT2D eigenvalue weighted by molar-refractivity contribution is 5.97.